The van der Waals surface area contributed by atoms with E-state index in [0.717, 1.165) is 16.9 Å². The zero-order valence-electron chi connectivity index (χ0n) is 9.98. The summed E-state index contributed by atoms with van der Waals surface area (Å²) in [6, 6.07) is 16.3. The van der Waals surface area contributed by atoms with E-state index in [4.69, 9.17) is 5.11 Å². The van der Waals surface area contributed by atoms with Crippen molar-refractivity contribution in [3.05, 3.63) is 59.7 Å². The molecular weight excluding hydrogens is 210 g/mol. The fourth-order valence-electron chi connectivity index (χ4n) is 1.84. The number of nitrogens with one attached hydrogen (secondary N) is 1. The van der Waals surface area contributed by atoms with Gasteiger partial charge in [0.05, 0.1) is 0 Å². The van der Waals surface area contributed by atoms with Crippen molar-refractivity contribution < 1.29 is 5.11 Å². The lowest BCUT2D eigenvalue weighted by atomic mass is 10.1. The molecule has 2 rings (SSSR count). The van der Waals surface area contributed by atoms with Gasteiger partial charge in [0.1, 0.15) is 0 Å². The maximum Gasteiger partial charge on any atom is 0.0472 e. The van der Waals surface area contributed by atoms with E-state index in [1.165, 1.54) is 5.56 Å². The summed E-state index contributed by atoms with van der Waals surface area (Å²) in [5.74, 6) is 0. The predicted octanol–water partition coefficient (Wildman–Crippen LogP) is 3.27. The number of rotatable bonds is 4. The Morgan fingerprint density at radius 3 is 2.29 bits per heavy atom. The molecule has 0 aliphatic carbocycles. The number of para-hydroxylation sites is 2. The molecule has 0 spiro atoms. The van der Waals surface area contributed by atoms with Crippen molar-refractivity contribution >= 4 is 11.4 Å². The van der Waals surface area contributed by atoms with E-state index in [-0.39, 0.29) is 6.61 Å². The summed E-state index contributed by atoms with van der Waals surface area (Å²) in [6.45, 7) is 2.25. The van der Waals surface area contributed by atoms with Crippen LogP contribution in [0.25, 0.3) is 0 Å². The molecule has 0 bridgehead atoms. The van der Waals surface area contributed by atoms with Gasteiger partial charge in [-0.15, -0.1) is 0 Å². The summed E-state index contributed by atoms with van der Waals surface area (Å²) < 4.78 is 0. The molecule has 0 saturated heterocycles. The third kappa shape index (κ3) is 2.86. The molecule has 2 nitrogen and oxygen atoms in total. The van der Waals surface area contributed by atoms with Crippen molar-refractivity contribution in [1.29, 1.82) is 0 Å². The Morgan fingerprint density at radius 1 is 0.941 bits per heavy atom. The first kappa shape index (κ1) is 11.7. The second kappa shape index (κ2) is 5.51. The molecular formula is C15H17NO. The van der Waals surface area contributed by atoms with Gasteiger partial charge < -0.3 is 10.4 Å². The van der Waals surface area contributed by atoms with Crippen LogP contribution in [-0.4, -0.2) is 11.7 Å². The van der Waals surface area contributed by atoms with Crippen LogP contribution >= 0.6 is 0 Å². The Morgan fingerprint density at radius 2 is 1.59 bits per heavy atom. The average Bonchev–Trinajstić information content (AvgIpc) is 2.35. The van der Waals surface area contributed by atoms with Crippen LogP contribution in [0.2, 0.25) is 0 Å². The van der Waals surface area contributed by atoms with Crippen LogP contribution < -0.4 is 5.32 Å². The molecule has 2 heteroatoms. The molecule has 2 aromatic carbocycles. The maximum atomic E-state index is 9.04. The van der Waals surface area contributed by atoms with Gasteiger partial charge in [-0.2, -0.15) is 0 Å². The van der Waals surface area contributed by atoms with Gasteiger partial charge in [0, 0.05) is 18.0 Å². The van der Waals surface area contributed by atoms with Crippen LogP contribution in [0.4, 0.5) is 11.4 Å². The quantitative estimate of drug-likeness (QED) is 0.840. The van der Waals surface area contributed by atoms with Gasteiger partial charge in [-0.1, -0.05) is 36.4 Å². The minimum atomic E-state index is 0.173. The summed E-state index contributed by atoms with van der Waals surface area (Å²) in [4.78, 5) is 0. The number of benzene rings is 2. The van der Waals surface area contributed by atoms with Gasteiger partial charge in [-0.25, -0.2) is 0 Å². The van der Waals surface area contributed by atoms with E-state index in [2.05, 4.69) is 24.4 Å². The van der Waals surface area contributed by atoms with Crippen LogP contribution in [0.15, 0.2) is 48.5 Å². The van der Waals surface area contributed by atoms with Crippen molar-refractivity contribution in [2.45, 2.75) is 13.3 Å². The predicted molar refractivity (Wildman–Crippen MR) is 71.7 cm³/mol. The number of hydrogen-bond acceptors (Lipinski definition) is 2. The van der Waals surface area contributed by atoms with E-state index >= 15 is 0 Å². The Labute approximate surface area is 102 Å². The number of hydrogen-bond donors (Lipinski definition) is 2. The summed E-state index contributed by atoms with van der Waals surface area (Å²) >= 11 is 0. The minimum Gasteiger partial charge on any atom is -0.396 e. The molecule has 2 N–H and O–H groups in total. The third-order valence-corrected chi connectivity index (χ3v) is 2.81. The normalized spacial score (nSPS) is 10.2. The van der Waals surface area contributed by atoms with Gasteiger partial charge in [-0.05, 0) is 36.6 Å². The molecule has 0 unspecified atom stereocenters. The molecule has 0 aliphatic heterocycles. The van der Waals surface area contributed by atoms with Crippen LogP contribution in [0.1, 0.15) is 11.1 Å². The largest absolute Gasteiger partial charge is 0.396 e. The SMILES string of the molecule is Cc1ccccc1Nc1ccccc1CCO. The van der Waals surface area contributed by atoms with Crippen LogP contribution in [0.5, 0.6) is 0 Å². The van der Waals surface area contributed by atoms with Crippen molar-refractivity contribution in [3.63, 3.8) is 0 Å². The summed E-state index contributed by atoms with van der Waals surface area (Å²) in [7, 11) is 0. The van der Waals surface area contributed by atoms with E-state index in [0.29, 0.717) is 6.42 Å². The fourth-order valence-corrected chi connectivity index (χ4v) is 1.84. The van der Waals surface area contributed by atoms with Crippen LogP contribution in [0, 0.1) is 6.92 Å². The lowest BCUT2D eigenvalue weighted by molar-refractivity contribution is 0.300. The van der Waals surface area contributed by atoms with Gasteiger partial charge in [0.15, 0.2) is 0 Å². The van der Waals surface area contributed by atoms with E-state index in [1.807, 2.05) is 36.4 Å². The molecule has 88 valence electrons. The van der Waals surface area contributed by atoms with Crippen molar-refractivity contribution in [2.75, 3.05) is 11.9 Å². The molecule has 0 saturated carbocycles. The number of aliphatic hydroxyl groups excluding tert-OH is 1. The first-order valence-electron chi connectivity index (χ1n) is 5.82. The van der Waals surface area contributed by atoms with Gasteiger partial charge in [0.25, 0.3) is 0 Å². The lowest BCUT2D eigenvalue weighted by Crippen LogP contribution is -1.99. The standard InChI is InChI=1S/C15H17NO/c1-12-6-2-4-8-14(12)16-15-9-5-3-7-13(15)10-11-17/h2-9,16-17H,10-11H2,1H3. The zero-order valence-corrected chi connectivity index (χ0v) is 9.98. The van der Waals surface area contributed by atoms with Gasteiger partial charge >= 0.3 is 0 Å². The summed E-state index contributed by atoms with van der Waals surface area (Å²) in [6.07, 6.45) is 0.676. The van der Waals surface area contributed by atoms with E-state index in [9.17, 15) is 0 Å². The van der Waals surface area contributed by atoms with Crippen LogP contribution in [-0.2, 0) is 6.42 Å². The Balaban J connectivity index is 2.27. The fraction of sp³-hybridized carbons (Fsp3) is 0.200. The Bertz CT molecular complexity index is 494. The molecule has 0 aliphatic rings. The molecule has 0 heterocycles. The number of aliphatic hydroxyl groups is 1. The molecule has 0 aromatic heterocycles. The van der Waals surface area contributed by atoms with Crippen LogP contribution in [0.3, 0.4) is 0 Å². The smallest absolute Gasteiger partial charge is 0.0472 e. The minimum absolute atomic E-state index is 0.173. The summed E-state index contributed by atoms with van der Waals surface area (Å²) in [5.41, 5.74) is 4.53. The molecule has 2 aromatic rings. The second-order valence-corrected chi connectivity index (χ2v) is 4.07. The average molecular weight is 227 g/mol. The molecule has 0 radical (unpaired) electrons. The monoisotopic (exact) mass is 227 g/mol. The Hall–Kier alpha value is -1.80. The molecule has 0 amide bonds. The highest BCUT2D eigenvalue weighted by molar-refractivity contribution is 5.65. The first-order valence-corrected chi connectivity index (χ1v) is 5.82. The van der Waals surface area contributed by atoms with Crippen molar-refractivity contribution in [3.8, 4) is 0 Å². The molecule has 0 atom stereocenters. The topological polar surface area (TPSA) is 32.3 Å². The highest BCUT2D eigenvalue weighted by Crippen LogP contribution is 2.23. The van der Waals surface area contributed by atoms with Gasteiger partial charge in [-0.3, -0.25) is 0 Å². The molecule has 0 fully saturated rings. The zero-order chi connectivity index (χ0) is 12.1. The van der Waals surface area contributed by atoms with E-state index < -0.39 is 0 Å². The Kier molecular flexibility index (Phi) is 3.78. The third-order valence-electron chi connectivity index (χ3n) is 2.81. The summed E-state index contributed by atoms with van der Waals surface area (Å²) in [5, 5.41) is 12.5. The number of anilines is 2. The first-order chi connectivity index (χ1) is 8.31. The lowest BCUT2D eigenvalue weighted by Gasteiger charge is -2.13. The van der Waals surface area contributed by atoms with E-state index in [1.54, 1.807) is 0 Å². The highest BCUT2D eigenvalue weighted by atomic mass is 16.2. The molecule has 17 heavy (non-hydrogen) atoms. The maximum absolute atomic E-state index is 9.04. The number of aryl methyl sites for hydroxylation is 1. The van der Waals surface area contributed by atoms with Gasteiger partial charge in [0.2, 0.25) is 0 Å². The highest BCUT2D eigenvalue weighted by Gasteiger charge is 2.02. The second-order valence-electron chi connectivity index (χ2n) is 4.07. The van der Waals surface area contributed by atoms with Crippen molar-refractivity contribution in [1.82, 2.24) is 0 Å². The van der Waals surface area contributed by atoms with Crippen molar-refractivity contribution in [2.24, 2.45) is 0 Å².